The van der Waals surface area contributed by atoms with E-state index in [4.69, 9.17) is 4.74 Å². The Morgan fingerprint density at radius 1 is 1.43 bits per heavy atom. The highest BCUT2D eigenvalue weighted by Crippen LogP contribution is 2.16. The number of amides is 1. The Hall–Kier alpha value is -2.14. The molecule has 1 aliphatic heterocycles. The second-order valence-corrected chi connectivity index (χ2v) is 5.48. The Balaban J connectivity index is 1.99. The number of carbonyl (C=O) groups is 1. The van der Waals surface area contributed by atoms with Crippen LogP contribution in [0.4, 0.5) is 0 Å². The molecule has 21 heavy (non-hydrogen) atoms. The fraction of sp³-hybridized carbons (Fsp3) is 0.375. The van der Waals surface area contributed by atoms with Crippen LogP contribution in [0.1, 0.15) is 22.3 Å². The first-order chi connectivity index (χ1) is 10.1. The molecule has 1 N–H and O–H groups in total. The summed E-state index contributed by atoms with van der Waals surface area (Å²) in [5.74, 6) is -0.223. The van der Waals surface area contributed by atoms with Gasteiger partial charge in [-0.1, -0.05) is 11.6 Å². The van der Waals surface area contributed by atoms with Gasteiger partial charge in [0.15, 0.2) is 0 Å². The molecule has 0 radical (unpaired) electrons. The molecule has 1 aliphatic rings. The number of likely N-dealkylation sites (tertiary alicyclic amines) is 1. The normalized spacial score (nSPS) is 18.4. The Morgan fingerprint density at radius 3 is 2.95 bits per heavy atom. The number of aromatic nitrogens is 1. The smallest absolute Gasteiger partial charge is 0.259 e. The standard InChI is InChI=1S/C16H18N2O3/c1-10-3-4-14-12(7-10)15(19)13(8-17-14)16(20)18-6-5-11(9-18)21-2/h3-4,7-8,11H,5-6,9H2,1-2H3,(H,17,19)/t11-/m1/s1. The van der Waals surface area contributed by atoms with Crippen LogP contribution in [0.25, 0.3) is 10.9 Å². The number of hydrogen-bond acceptors (Lipinski definition) is 3. The number of nitrogens with zero attached hydrogens (tertiary/aromatic N) is 1. The highest BCUT2D eigenvalue weighted by molar-refractivity contribution is 5.97. The molecule has 5 nitrogen and oxygen atoms in total. The highest BCUT2D eigenvalue weighted by atomic mass is 16.5. The number of aryl methyl sites for hydroxylation is 1. The van der Waals surface area contributed by atoms with Gasteiger partial charge in [-0.3, -0.25) is 9.59 Å². The van der Waals surface area contributed by atoms with E-state index < -0.39 is 0 Å². The first kappa shape index (κ1) is 13.8. The number of rotatable bonds is 2. The molecule has 0 unspecified atom stereocenters. The Kier molecular flexibility index (Phi) is 3.51. The molecule has 110 valence electrons. The van der Waals surface area contributed by atoms with Crippen LogP contribution in [0, 0.1) is 6.92 Å². The lowest BCUT2D eigenvalue weighted by molar-refractivity contribution is 0.0723. The minimum Gasteiger partial charge on any atom is -0.380 e. The molecule has 2 aromatic rings. The van der Waals surface area contributed by atoms with Gasteiger partial charge in [-0.15, -0.1) is 0 Å². The molecule has 1 amide bonds. The van der Waals surface area contributed by atoms with E-state index in [1.165, 1.54) is 6.20 Å². The van der Waals surface area contributed by atoms with Crippen molar-refractivity contribution in [3.8, 4) is 0 Å². The summed E-state index contributed by atoms with van der Waals surface area (Å²) in [7, 11) is 1.64. The van der Waals surface area contributed by atoms with Crippen molar-refractivity contribution in [1.29, 1.82) is 0 Å². The van der Waals surface area contributed by atoms with Crippen LogP contribution >= 0.6 is 0 Å². The molecule has 1 aromatic heterocycles. The van der Waals surface area contributed by atoms with E-state index in [1.807, 2.05) is 25.1 Å². The molecule has 1 saturated heterocycles. The second kappa shape index (κ2) is 5.33. The zero-order valence-corrected chi connectivity index (χ0v) is 12.2. The van der Waals surface area contributed by atoms with E-state index in [1.54, 1.807) is 12.0 Å². The number of nitrogens with one attached hydrogen (secondary N) is 1. The van der Waals surface area contributed by atoms with E-state index in [2.05, 4.69) is 4.98 Å². The molecule has 0 bridgehead atoms. The molecule has 0 saturated carbocycles. The van der Waals surface area contributed by atoms with Crippen LogP contribution in [0.5, 0.6) is 0 Å². The van der Waals surface area contributed by atoms with Crippen molar-refractivity contribution in [2.75, 3.05) is 20.2 Å². The number of H-pyrrole nitrogens is 1. The van der Waals surface area contributed by atoms with E-state index >= 15 is 0 Å². The predicted octanol–water partition coefficient (Wildman–Crippen LogP) is 1.70. The zero-order valence-electron chi connectivity index (χ0n) is 12.2. The van der Waals surface area contributed by atoms with Gasteiger partial charge in [0.1, 0.15) is 5.56 Å². The van der Waals surface area contributed by atoms with Gasteiger partial charge in [0.2, 0.25) is 5.43 Å². The maximum atomic E-state index is 12.5. The summed E-state index contributed by atoms with van der Waals surface area (Å²) in [5.41, 5.74) is 1.74. The molecule has 3 rings (SSSR count). The van der Waals surface area contributed by atoms with Crippen LogP contribution in [0.3, 0.4) is 0 Å². The quantitative estimate of drug-likeness (QED) is 0.914. The fourth-order valence-corrected chi connectivity index (χ4v) is 2.77. The molecule has 1 fully saturated rings. The maximum Gasteiger partial charge on any atom is 0.259 e. The number of fused-ring (bicyclic) bond motifs is 1. The lowest BCUT2D eigenvalue weighted by atomic mass is 10.1. The number of methoxy groups -OCH3 is 1. The van der Waals surface area contributed by atoms with Crippen molar-refractivity contribution < 1.29 is 9.53 Å². The Bertz CT molecular complexity index is 751. The number of ether oxygens (including phenoxy) is 1. The summed E-state index contributed by atoms with van der Waals surface area (Å²) < 4.78 is 5.26. The first-order valence-corrected chi connectivity index (χ1v) is 7.04. The van der Waals surface area contributed by atoms with Gasteiger partial charge >= 0.3 is 0 Å². The lowest BCUT2D eigenvalue weighted by Crippen LogP contribution is -2.33. The van der Waals surface area contributed by atoms with Crippen LogP contribution in [0.15, 0.2) is 29.2 Å². The monoisotopic (exact) mass is 286 g/mol. The second-order valence-electron chi connectivity index (χ2n) is 5.48. The molecular weight excluding hydrogens is 268 g/mol. The van der Waals surface area contributed by atoms with E-state index in [0.29, 0.717) is 18.5 Å². The van der Waals surface area contributed by atoms with Crippen molar-refractivity contribution in [3.63, 3.8) is 0 Å². The van der Waals surface area contributed by atoms with Gasteiger partial charge in [0, 0.05) is 37.3 Å². The van der Waals surface area contributed by atoms with Crippen molar-refractivity contribution in [2.45, 2.75) is 19.4 Å². The number of carbonyl (C=O) groups excluding carboxylic acids is 1. The lowest BCUT2D eigenvalue weighted by Gasteiger charge is -2.16. The summed E-state index contributed by atoms with van der Waals surface area (Å²) in [6, 6.07) is 5.60. The van der Waals surface area contributed by atoms with Gasteiger partial charge < -0.3 is 14.6 Å². The number of aromatic amines is 1. The van der Waals surface area contributed by atoms with Gasteiger partial charge in [0.25, 0.3) is 5.91 Å². The molecule has 5 heteroatoms. The third-order valence-electron chi connectivity index (χ3n) is 4.03. The average molecular weight is 286 g/mol. The van der Waals surface area contributed by atoms with Gasteiger partial charge in [-0.2, -0.15) is 0 Å². The summed E-state index contributed by atoms with van der Waals surface area (Å²) in [5, 5.41) is 0.559. The summed E-state index contributed by atoms with van der Waals surface area (Å²) in [6.45, 7) is 3.10. The predicted molar refractivity (Wildman–Crippen MR) is 80.6 cm³/mol. The fourth-order valence-electron chi connectivity index (χ4n) is 2.77. The van der Waals surface area contributed by atoms with Crippen molar-refractivity contribution in [2.24, 2.45) is 0 Å². The van der Waals surface area contributed by atoms with Crippen LogP contribution in [-0.4, -0.2) is 42.1 Å². The first-order valence-electron chi connectivity index (χ1n) is 7.04. The third-order valence-corrected chi connectivity index (χ3v) is 4.03. The van der Waals surface area contributed by atoms with Crippen LogP contribution in [0.2, 0.25) is 0 Å². The zero-order chi connectivity index (χ0) is 15.0. The minimum atomic E-state index is -0.223. The van der Waals surface area contributed by atoms with E-state index in [9.17, 15) is 9.59 Å². The number of benzene rings is 1. The summed E-state index contributed by atoms with van der Waals surface area (Å²) >= 11 is 0. The van der Waals surface area contributed by atoms with Crippen molar-refractivity contribution in [3.05, 3.63) is 45.7 Å². The van der Waals surface area contributed by atoms with Crippen molar-refractivity contribution >= 4 is 16.8 Å². The molecule has 2 heterocycles. The maximum absolute atomic E-state index is 12.5. The van der Waals surface area contributed by atoms with Gasteiger partial charge in [0.05, 0.1) is 6.10 Å². The molecular formula is C16H18N2O3. The number of hydrogen-bond donors (Lipinski definition) is 1. The molecule has 0 spiro atoms. The molecule has 1 aromatic carbocycles. The van der Waals surface area contributed by atoms with Gasteiger partial charge in [-0.05, 0) is 25.5 Å². The van der Waals surface area contributed by atoms with Gasteiger partial charge in [-0.25, -0.2) is 0 Å². The third kappa shape index (κ3) is 2.45. The minimum absolute atomic E-state index is 0.0655. The van der Waals surface area contributed by atoms with Crippen LogP contribution < -0.4 is 5.43 Å². The largest absolute Gasteiger partial charge is 0.380 e. The summed E-state index contributed by atoms with van der Waals surface area (Å²) in [4.78, 5) is 29.8. The highest BCUT2D eigenvalue weighted by Gasteiger charge is 2.28. The van der Waals surface area contributed by atoms with E-state index in [-0.39, 0.29) is 23.0 Å². The Labute approximate surface area is 122 Å². The average Bonchev–Trinajstić information content (AvgIpc) is 2.96. The Morgan fingerprint density at radius 2 is 2.24 bits per heavy atom. The topological polar surface area (TPSA) is 62.4 Å². The van der Waals surface area contributed by atoms with Crippen LogP contribution in [-0.2, 0) is 4.74 Å². The summed E-state index contributed by atoms with van der Waals surface area (Å²) in [6.07, 6.45) is 2.39. The SMILES string of the molecule is CO[C@@H]1CCN(C(=O)c2c[nH]c3ccc(C)cc3c2=O)C1. The number of pyridine rings is 1. The molecule has 0 aliphatic carbocycles. The van der Waals surface area contributed by atoms with E-state index in [0.717, 1.165) is 17.5 Å². The van der Waals surface area contributed by atoms with Crippen molar-refractivity contribution in [1.82, 2.24) is 9.88 Å². The molecule has 1 atom stereocenters.